The molecule has 2 heterocycles. The van der Waals surface area contributed by atoms with Crippen molar-refractivity contribution in [1.29, 1.82) is 5.26 Å². The van der Waals surface area contributed by atoms with Crippen LogP contribution >= 0.6 is 22.9 Å². The van der Waals surface area contributed by atoms with Crippen molar-refractivity contribution in [3.05, 3.63) is 77.4 Å². The number of nitrogens with zero attached hydrogens (tertiary/aromatic N) is 3. The van der Waals surface area contributed by atoms with Crippen molar-refractivity contribution < 1.29 is 8.42 Å². The lowest BCUT2D eigenvalue weighted by Gasteiger charge is -2.11. The smallest absolute Gasteiger partial charge is 0.178 e. The van der Waals surface area contributed by atoms with Gasteiger partial charge < -0.3 is 0 Å². The number of rotatable bonds is 6. The van der Waals surface area contributed by atoms with Gasteiger partial charge in [-0.25, -0.2) is 13.1 Å². The third-order valence-corrected chi connectivity index (χ3v) is 8.63. The molecule has 0 aliphatic rings. The van der Waals surface area contributed by atoms with Crippen LogP contribution in [0.15, 0.2) is 71.6 Å². The molecule has 0 radical (unpaired) electrons. The van der Waals surface area contributed by atoms with Crippen LogP contribution in [0.1, 0.15) is 26.5 Å². The molecule has 8 heteroatoms. The minimum Gasteiger partial charge on any atom is -0.230 e. The largest absolute Gasteiger partial charge is 0.230 e. The van der Waals surface area contributed by atoms with Crippen LogP contribution < -0.4 is 0 Å². The number of hydrogen-bond donors (Lipinski definition) is 0. The number of sulfone groups is 1. The Morgan fingerprint density at radius 3 is 2.48 bits per heavy atom. The van der Waals surface area contributed by atoms with Gasteiger partial charge in [-0.3, -0.25) is 0 Å². The molecule has 0 bridgehead atoms. The maximum atomic E-state index is 12.3. The van der Waals surface area contributed by atoms with Gasteiger partial charge in [0.15, 0.2) is 9.84 Å². The normalized spacial score (nSPS) is 12.0. The van der Waals surface area contributed by atoms with Crippen LogP contribution in [0.2, 0.25) is 5.02 Å². The third kappa shape index (κ3) is 4.47. The van der Waals surface area contributed by atoms with Gasteiger partial charge in [0.25, 0.3) is 0 Å². The molecule has 0 spiro atoms. The molecule has 0 aliphatic heterocycles. The van der Waals surface area contributed by atoms with Gasteiger partial charge in [0.2, 0.25) is 0 Å². The molecule has 0 saturated carbocycles. The summed E-state index contributed by atoms with van der Waals surface area (Å²) in [6, 6.07) is 22.6. The second-order valence-corrected chi connectivity index (χ2v) is 11.9. The van der Waals surface area contributed by atoms with Gasteiger partial charge in [-0.2, -0.15) is 10.4 Å². The Balaban J connectivity index is 1.84. The molecule has 168 valence electrons. The summed E-state index contributed by atoms with van der Waals surface area (Å²) in [7, 11) is -3.29. The summed E-state index contributed by atoms with van der Waals surface area (Å²) in [5.74, 6) is 0.0562. The van der Waals surface area contributed by atoms with Crippen LogP contribution in [0.25, 0.3) is 26.7 Å². The topological polar surface area (TPSA) is 75.8 Å². The monoisotopic (exact) mass is 495 g/mol. The first-order valence-electron chi connectivity index (χ1n) is 10.4. The fraction of sp³-hybridized carbons (Fsp3) is 0.200. The summed E-state index contributed by atoms with van der Waals surface area (Å²) in [5, 5.41) is 14.9. The highest BCUT2D eigenvalue weighted by atomic mass is 35.5. The molecule has 4 rings (SSSR count). The average molecular weight is 496 g/mol. The highest BCUT2D eigenvalue weighted by Gasteiger charge is 2.27. The number of benzene rings is 2. The van der Waals surface area contributed by atoms with E-state index in [-0.39, 0.29) is 5.75 Å². The molecule has 5 nitrogen and oxygen atoms in total. The molecule has 0 fully saturated rings. The molecule has 0 N–H and O–H groups in total. The Morgan fingerprint density at radius 1 is 1.06 bits per heavy atom. The highest BCUT2D eigenvalue weighted by molar-refractivity contribution is 7.91. The minimum atomic E-state index is -3.29. The molecule has 2 aromatic carbocycles. The Bertz CT molecular complexity index is 1480. The van der Waals surface area contributed by atoms with Crippen LogP contribution in [0.3, 0.4) is 0 Å². The van der Waals surface area contributed by atoms with E-state index in [0.717, 1.165) is 26.7 Å². The van der Waals surface area contributed by atoms with Crippen LogP contribution in [0, 0.1) is 11.3 Å². The first-order chi connectivity index (χ1) is 15.7. The number of nitriles is 1. The predicted molar refractivity (Wildman–Crippen MR) is 134 cm³/mol. The Labute approximate surface area is 202 Å². The molecule has 0 aliphatic carbocycles. The maximum absolute atomic E-state index is 12.3. The van der Waals surface area contributed by atoms with Gasteiger partial charge in [0, 0.05) is 4.88 Å². The second-order valence-electron chi connectivity index (χ2n) is 8.11. The average Bonchev–Trinajstić information content (AvgIpc) is 3.47. The first-order valence-corrected chi connectivity index (χ1v) is 13.2. The van der Waals surface area contributed by atoms with E-state index < -0.39 is 15.3 Å². The number of aromatic nitrogens is 2. The number of thiophene rings is 1. The van der Waals surface area contributed by atoms with Gasteiger partial charge in [-0.1, -0.05) is 42.8 Å². The SMILES string of the molecule is CCS(=O)(=O)c1cccc(-c2ccc(-c3cc(C(C)(C)C#N)nn3-c3ccccc3Cl)s2)c1. The summed E-state index contributed by atoms with van der Waals surface area (Å²) < 4.78 is 26.4. The Hall–Kier alpha value is -2.92. The van der Waals surface area contributed by atoms with E-state index in [0.29, 0.717) is 15.6 Å². The fourth-order valence-corrected chi connectivity index (χ4v) is 5.51. The number of hydrogen-bond acceptors (Lipinski definition) is 5. The number of halogens is 1. The Kier molecular flexibility index (Phi) is 6.19. The lowest BCUT2D eigenvalue weighted by Crippen LogP contribution is -2.15. The highest BCUT2D eigenvalue weighted by Crippen LogP contribution is 2.38. The maximum Gasteiger partial charge on any atom is 0.178 e. The van der Waals surface area contributed by atoms with Crippen LogP contribution in [0.4, 0.5) is 0 Å². The summed E-state index contributed by atoms with van der Waals surface area (Å²) in [4.78, 5) is 2.18. The summed E-state index contributed by atoms with van der Waals surface area (Å²) in [6.07, 6.45) is 0. The molecule has 0 atom stereocenters. The van der Waals surface area contributed by atoms with Gasteiger partial charge in [-0.05, 0) is 61.9 Å². The molecular formula is C25H22ClN3O2S2. The van der Waals surface area contributed by atoms with Crippen molar-refractivity contribution in [1.82, 2.24) is 9.78 Å². The third-order valence-electron chi connectivity index (χ3n) is 5.43. The molecule has 4 aromatic rings. The number of para-hydroxylation sites is 1. The molecule has 2 aromatic heterocycles. The van der Waals surface area contributed by atoms with Crippen molar-refractivity contribution in [2.45, 2.75) is 31.1 Å². The van der Waals surface area contributed by atoms with Crippen molar-refractivity contribution in [2.24, 2.45) is 0 Å². The summed E-state index contributed by atoms with van der Waals surface area (Å²) in [6.45, 7) is 5.30. The second kappa shape index (κ2) is 8.79. The van der Waals surface area contributed by atoms with E-state index in [1.54, 1.807) is 35.9 Å². The molecule has 0 amide bonds. The fourth-order valence-electron chi connectivity index (χ4n) is 3.37. The van der Waals surface area contributed by atoms with Crippen LogP contribution in [-0.2, 0) is 15.3 Å². The molecular weight excluding hydrogens is 474 g/mol. The van der Waals surface area contributed by atoms with Crippen molar-refractivity contribution >= 4 is 32.8 Å². The predicted octanol–water partition coefficient (Wildman–Crippen LogP) is 6.52. The quantitative estimate of drug-likeness (QED) is 0.305. The van der Waals surface area contributed by atoms with Gasteiger partial charge >= 0.3 is 0 Å². The standard InChI is InChI=1S/C25H22ClN3O2S2/c1-4-33(30,31)18-9-7-8-17(14-18)22-12-13-23(32-22)21-15-24(25(2,3)16-27)28-29(21)20-11-6-5-10-19(20)26/h5-15H,4H2,1-3H3. The molecule has 33 heavy (non-hydrogen) atoms. The van der Waals surface area contributed by atoms with Crippen LogP contribution in [0.5, 0.6) is 0 Å². The molecule has 0 saturated heterocycles. The zero-order valence-corrected chi connectivity index (χ0v) is 20.8. The molecule has 0 unspecified atom stereocenters. The van der Waals surface area contributed by atoms with E-state index in [2.05, 4.69) is 6.07 Å². The summed E-state index contributed by atoms with van der Waals surface area (Å²) >= 11 is 8.00. The van der Waals surface area contributed by atoms with E-state index in [1.165, 1.54) is 11.3 Å². The van der Waals surface area contributed by atoms with Crippen LogP contribution in [-0.4, -0.2) is 24.0 Å². The van der Waals surface area contributed by atoms with E-state index >= 15 is 0 Å². The zero-order chi connectivity index (χ0) is 23.8. The lowest BCUT2D eigenvalue weighted by atomic mass is 9.91. The Morgan fingerprint density at radius 2 is 1.79 bits per heavy atom. The van der Waals surface area contributed by atoms with E-state index in [9.17, 15) is 13.7 Å². The van der Waals surface area contributed by atoms with Crippen molar-refractivity contribution in [2.75, 3.05) is 5.75 Å². The van der Waals surface area contributed by atoms with Crippen molar-refractivity contribution in [3.8, 4) is 32.8 Å². The van der Waals surface area contributed by atoms with Gasteiger partial charge in [0.05, 0.1) is 49.1 Å². The van der Waals surface area contributed by atoms with Gasteiger partial charge in [0.1, 0.15) is 0 Å². The van der Waals surface area contributed by atoms with E-state index in [1.807, 2.05) is 56.3 Å². The zero-order valence-electron chi connectivity index (χ0n) is 18.4. The lowest BCUT2D eigenvalue weighted by molar-refractivity contribution is 0.597. The summed E-state index contributed by atoms with van der Waals surface area (Å²) in [5.41, 5.74) is 2.24. The first kappa shape index (κ1) is 23.2. The minimum absolute atomic E-state index is 0.0562. The van der Waals surface area contributed by atoms with Gasteiger partial charge in [-0.15, -0.1) is 11.3 Å². The van der Waals surface area contributed by atoms with E-state index in [4.69, 9.17) is 16.7 Å². The van der Waals surface area contributed by atoms with Crippen molar-refractivity contribution in [3.63, 3.8) is 0 Å².